The van der Waals surface area contributed by atoms with Crippen LogP contribution in [0, 0.1) is 5.82 Å². The minimum atomic E-state index is -0.494. The molecular formula is C18H20ClFN4O2. The molecule has 2 heterocycles. The molecule has 1 N–H and O–H groups in total. The van der Waals surface area contributed by atoms with E-state index in [-0.39, 0.29) is 22.7 Å². The Labute approximate surface area is 155 Å². The van der Waals surface area contributed by atoms with Gasteiger partial charge in [-0.1, -0.05) is 17.7 Å². The van der Waals surface area contributed by atoms with Crippen LogP contribution in [0.25, 0.3) is 0 Å². The van der Waals surface area contributed by atoms with Crippen molar-refractivity contribution in [3.05, 3.63) is 62.3 Å². The highest BCUT2D eigenvalue weighted by molar-refractivity contribution is 6.30. The summed E-state index contributed by atoms with van der Waals surface area (Å²) in [4.78, 5) is 26.2. The highest BCUT2D eigenvalue weighted by Crippen LogP contribution is 2.21. The Morgan fingerprint density at radius 2 is 2.19 bits per heavy atom. The Kier molecular flexibility index (Phi) is 5.27. The van der Waals surface area contributed by atoms with Gasteiger partial charge in [-0.25, -0.2) is 13.9 Å². The average Bonchev–Trinajstić information content (AvgIpc) is 2.62. The van der Waals surface area contributed by atoms with Crippen LogP contribution in [-0.4, -0.2) is 27.3 Å². The highest BCUT2D eigenvalue weighted by Gasteiger charge is 2.24. The maximum absolute atomic E-state index is 13.3. The van der Waals surface area contributed by atoms with E-state index in [2.05, 4.69) is 10.4 Å². The van der Waals surface area contributed by atoms with Crippen molar-refractivity contribution < 1.29 is 9.18 Å². The van der Waals surface area contributed by atoms with Crippen LogP contribution < -0.4 is 10.9 Å². The number of carbonyl (C=O) groups excluding carboxylic acids is 1. The molecule has 3 rings (SSSR count). The Hall–Kier alpha value is -2.41. The quantitative estimate of drug-likeness (QED) is 0.893. The van der Waals surface area contributed by atoms with E-state index in [1.54, 1.807) is 24.0 Å². The molecule has 0 radical (unpaired) electrons. The fourth-order valence-electron chi connectivity index (χ4n) is 2.98. The number of fused-ring (bicyclic) bond motifs is 1. The third-order valence-electron chi connectivity index (χ3n) is 4.51. The van der Waals surface area contributed by atoms with Gasteiger partial charge >= 0.3 is 6.03 Å². The summed E-state index contributed by atoms with van der Waals surface area (Å²) in [7, 11) is 0. The zero-order chi connectivity index (χ0) is 18.8. The molecule has 0 fully saturated rings. The van der Waals surface area contributed by atoms with Gasteiger partial charge < -0.3 is 10.2 Å². The number of aryl methyl sites for hydroxylation is 1. The molecule has 138 valence electrons. The van der Waals surface area contributed by atoms with Gasteiger partial charge in [-0.15, -0.1) is 0 Å². The fourth-order valence-corrected chi connectivity index (χ4v) is 3.17. The molecule has 0 saturated heterocycles. The molecule has 2 amide bonds. The zero-order valence-electron chi connectivity index (χ0n) is 14.6. The average molecular weight is 379 g/mol. The lowest BCUT2D eigenvalue weighted by molar-refractivity contribution is 0.188. The van der Waals surface area contributed by atoms with Crippen LogP contribution >= 0.6 is 11.6 Å². The third kappa shape index (κ3) is 3.72. The third-order valence-corrected chi connectivity index (χ3v) is 4.80. The van der Waals surface area contributed by atoms with Crippen molar-refractivity contribution in [1.29, 1.82) is 0 Å². The monoisotopic (exact) mass is 378 g/mol. The lowest BCUT2D eigenvalue weighted by Gasteiger charge is -2.29. The van der Waals surface area contributed by atoms with Gasteiger partial charge in [0.05, 0.1) is 16.8 Å². The smallest absolute Gasteiger partial charge is 0.318 e. The van der Waals surface area contributed by atoms with E-state index < -0.39 is 5.82 Å². The summed E-state index contributed by atoms with van der Waals surface area (Å²) in [5.41, 5.74) is 2.19. The first kappa shape index (κ1) is 18.4. The fraction of sp³-hybridized carbons (Fsp3) is 0.389. The van der Waals surface area contributed by atoms with Gasteiger partial charge in [0.25, 0.3) is 5.56 Å². The lowest BCUT2D eigenvalue weighted by Crippen LogP contribution is -2.44. The first-order chi connectivity index (χ1) is 12.4. The molecule has 1 aromatic carbocycles. The number of benzene rings is 1. The number of nitrogens with zero attached hydrogens (tertiary/aromatic N) is 3. The van der Waals surface area contributed by atoms with Crippen LogP contribution in [0.15, 0.2) is 29.1 Å². The van der Waals surface area contributed by atoms with Crippen LogP contribution in [0.2, 0.25) is 5.02 Å². The standard InChI is InChI=1S/C18H20ClFN4O2/c1-3-24-17(25)9-13-10-23(7-6-16(13)22-24)18(26)21-11(2)12-4-5-15(20)14(19)8-12/h4-5,8-9,11H,3,6-7,10H2,1-2H3,(H,21,26). The molecule has 1 atom stereocenters. The van der Waals surface area contributed by atoms with E-state index >= 15 is 0 Å². The molecule has 8 heteroatoms. The largest absolute Gasteiger partial charge is 0.331 e. The van der Waals surface area contributed by atoms with Crippen molar-refractivity contribution in [2.45, 2.75) is 39.4 Å². The first-order valence-corrected chi connectivity index (χ1v) is 8.87. The molecule has 1 aromatic heterocycles. The molecule has 1 unspecified atom stereocenters. The Morgan fingerprint density at radius 3 is 2.88 bits per heavy atom. The van der Waals surface area contributed by atoms with Crippen LogP contribution in [0.3, 0.4) is 0 Å². The van der Waals surface area contributed by atoms with E-state index in [1.165, 1.54) is 16.8 Å². The number of halogens is 2. The van der Waals surface area contributed by atoms with Gasteiger partial charge in [0.15, 0.2) is 0 Å². The molecule has 1 aliphatic rings. The van der Waals surface area contributed by atoms with E-state index in [0.717, 1.165) is 16.8 Å². The van der Waals surface area contributed by atoms with Gasteiger partial charge in [0, 0.05) is 37.7 Å². The normalized spacial score (nSPS) is 14.7. The molecule has 0 saturated carbocycles. The van der Waals surface area contributed by atoms with Crippen molar-refractivity contribution >= 4 is 17.6 Å². The molecule has 1 aliphatic heterocycles. The number of rotatable bonds is 3. The minimum Gasteiger partial charge on any atom is -0.331 e. The second-order valence-corrected chi connectivity index (χ2v) is 6.69. The van der Waals surface area contributed by atoms with E-state index in [1.807, 2.05) is 6.92 Å². The second kappa shape index (κ2) is 7.45. The molecule has 6 nitrogen and oxygen atoms in total. The van der Waals surface area contributed by atoms with E-state index in [4.69, 9.17) is 11.6 Å². The first-order valence-electron chi connectivity index (χ1n) is 8.49. The minimum absolute atomic E-state index is 0.0220. The maximum atomic E-state index is 13.3. The van der Waals surface area contributed by atoms with Crippen molar-refractivity contribution in [2.24, 2.45) is 0 Å². The van der Waals surface area contributed by atoms with Crippen molar-refractivity contribution in [1.82, 2.24) is 20.0 Å². The number of aromatic nitrogens is 2. The van der Waals surface area contributed by atoms with Gasteiger partial charge in [-0.2, -0.15) is 5.10 Å². The van der Waals surface area contributed by atoms with Crippen molar-refractivity contribution in [2.75, 3.05) is 6.54 Å². The number of nitrogens with one attached hydrogen (secondary N) is 1. The molecule has 0 spiro atoms. The summed E-state index contributed by atoms with van der Waals surface area (Å²) in [5, 5.41) is 7.25. The van der Waals surface area contributed by atoms with E-state index in [0.29, 0.717) is 26.1 Å². The lowest BCUT2D eigenvalue weighted by atomic mass is 10.1. The van der Waals surface area contributed by atoms with Crippen LogP contribution in [0.5, 0.6) is 0 Å². The number of hydrogen-bond acceptors (Lipinski definition) is 3. The molecule has 0 aliphatic carbocycles. The Bertz CT molecular complexity index is 899. The van der Waals surface area contributed by atoms with Crippen LogP contribution in [-0.2, 0) is 19.5 Å². The van der Waals surface area contributed by atoms with Gasteiger partial charge in [0.1, 0.15) is 5.82 Å². The van der Waals surface area contributed by atoms with E-state index in [9.17, 15) is 14.0 Å². The van der Waals surface area contributed by atoms with Gasteiger partial charge in [0.2, 0.25) is 0 Å². The zero-order valence-corrected chi connectivity index (χ0v) is 15.4. The van der Waals surface area contributed by atoms with Crippen molar-refractivity contribution in [3.8, 4) is 0 Å². The molecule has 26 heavy (non-hydrogen) atoms. The summed E-state index contributed by atoms with van der Waals surface area (Å²) >= 11 is 5.80. The summed E-state index contributed by atoms with van der Waals surface area (Å²) in [6.45, 7) is 5.05. The number of urea groups is 1. The SMILES string of the molecule is CCn1nc2c(cc1=O)CN(C(=O)NC(C)c1ccc(F)c(Cl)c1)CC2. The highest BCUT2D eigenvalue weighted by atomic mass is 35.5. The number of hydrogen-bond donors (Lipinski definition) is 1. The second-order valence-electron chi connectivity index (χ2n) is 6.29. The number of amides is 2. The van der Waals surface area contributed by atoms with Crippen molar-refractivity contribution in [3.63, 3.8) is 0 Å². The summed E-state index contributed by atoms with van der Waals surface area (Å²) in [6, 6.07) is 5.35. The predicted molar refractivity (Wildman–Crippen MR) is 96.6 cm³/mol. The topological polar surface area (TPSA) is 67.2 Å². The summed E-state index contributed by atoms with van der Waals surface area (Å²) in [5.74, 6) is -0.494. The van der Waals surface area contributed by atoms with Gasteiger partial charge in [-0.3, -0.25) is 4.79 Å². The maximum Gasteiger partial charge on any atom is 0.318 e. The predicted octanol–water partition coefficient (Wildman–Crippen LogP) is 2.88. The Balaban J connectivity index is 1.70. The van der Waals surface area contributed by atoms with Gasteiger partial charge in [-0.05, 0) is 31.5 Å². The molecular weight excluding hydrogens is 359 g/mol. The molecule has 0 bridgehead atoms. The summed E-state index contributed by atoms with van der Waals surface area (Å²) in [6.07, 6.45) is 0.597. The van der Waals surface area contributed by atoms with Crippen LogP contribution in [0.4, 0.5) is 9.18 Å². The summed E-state index contributed by atoms with van der Waals surface area (Å²) < 4.78 is 14.7. The molecule has 2 aromatic rings. The Morgan fingerprint density at radius 1 is 1.42 bits per heavy atom. The van der Waals surface area contributed by atoms with Crippen LogP contribution in [0.1, 0.15) is 36.7 Å². The number of carbonyl (C=O) groups is 1.